The van der Waals surface area contributed by atoms with Gasteiger partial charge in [-0.1, -0.05) is 24.3 Å². The predicted octanol–water partition coefficient (Wildman–Crippen LogP) is 7.33. The van der Waals surface area contributed by atoms with E-state index in [2.05, 4.69) is 24.3 Å². The normalized spacial score (nSPS) is 45.3. The first-order chi connectivity index (χ1) is 19.6. The standard InChI is InChI=1S/C36H44O4/c1-2-4-30-29(3-1)33(39-19-27-17-37-27)31(35-11-21-5-22(12-35)7-23(6-21)13-35)32(34(30)40-20-28-18-38-28)36-14-24-8-25(15-36)10-26(9-24)16-36/h1-4,21-28H,5-20H2. The van der Waals surface area contributed by atoms with Gasteiger partial charge >= 0.3 is 0 Å². The molecule has 10 fully saturated rings. The summed E-state index contributed by atoms with van der Waals surface area (Å²) < 4.78 is 25.5. The molecule has 10 aliphatic rings. The number of epoxide rings is 2. The SMILES string of the molecule is c1ccc2c(OCC3CO3)c(C34CC5CC(CC(C5)C3)C4)c(C34CC5CC(CC(C5)C3)C4)c(OCC3CO3)c2c1. The Morgan fingerprint density at radius 3 is 1.18 bits per heavy atom. The highest BCUT2D eigenvalue weighted by Gasteiger charge is 2.59. The second-order valence-electron chi connectivity index (χ2n) is 15.9. The molecule has 8 bridgehead atoms. The van der Waals surface area contributed by atoms with Crippen molar-refractivity contribution in [2.45, 2.75) is 100 Å². The van der Waals surface area contributed by atoms with Gasteiger partial charge in [-0.05, 0) is 113 Å². The minimum Gasteiger partial charge on any atom is -0.490 e. The third-order valence-corrected chi connectivity index (χ3v) is 12.9. The van der Waals surface area contributed by atoms with Gasteiger partial charge in [0.15, 0.2) is 0 Å². The van der Waals surface area contributed by atoms with Crippen LogP contribution >= 0.6 is 0 Å². The molecule has 2 aliphatic heterocycles. The minimum atomic E-state index is 0.241. The lowest BCUT2D eigenvalue weighted by atomic mass is 9.44. The summed E-state index contributed by atoms with van der Waals surface area (Å²) in [4.78, 5) is 0. The Kier molecular flexibility index (Phi) is 4.99. The van der Waals surface area contributed by atoms with E-state index in [1.807, 2.05) is 0 Å². The van der Waals surface area contributed by atoms with Gasteiger partial charge < -0.3 is 18.9 Å². The summed E-state index contributed by atoms with van der Waals surface area (Å²) in [5.41, 5.74) is 3.73. The van der Waals surface area contributed by atoms with E-state index in [-0.39, 0.29) is 23.0 Å². The van der Waals surface area contributed by atoms with Crippen LogP contribution in [0.1, 0.15) is 88.2 Å². The fourth-order valence-electron chi connectivity index (χ4n) is 12.2. The van der Waals surface area contributed by atoms with E-state index in [4.69, 9.17) is 18.9 Å². The Morgan fingerprint density at radius 2 is 0.875 bits per heavy atom. The fourth-order valence-corrected chi connectivity index (χ4v) is 12.2. The Hall–Kier alpha value is -1.78. The molecule has 0 amide bonds. The van der Waals surface area contributed by atoms with Crippen LogP contribution < -0.4 is 9.47 Å². The summed E-state index contributed by atoms with van der Waals surface area (Å²) in [7, 11) is 0. The second kappa shape index (κ2) is 8.40. The van der Waals surface area contributed by atoms with Crippen LogP contribution in [0.15, 0.2) is 24.3 Å². The lowest BCUT2D eigenvalue weighted by molar-refractivity contribution is -0.0192. The molecule has 40 heavy (non-hydrogen) atoms. The summed E-state index contributed by atoms with van der Waals surface area (Å²) >= 11 is 0. The molecule has 2 unspecified atom stereocenters. The van der Waals surface area contributed by atoms with Crippen molar-refractivity contribution in [2.75, 3.05) is 26.4 Å². The summed E-state index contributed by atoms with van der Waals surface area (Å²) in [5, 5.41) is 2.54. The Balaban J connectivity index is 1.25. The summed E-state index contributed by atoms with van der Waals surface area (Å²) in [6.07, 6.45) is 17.5. The van der Waals surface area contributed by atoms with Crippen molar-refractivity contribution in [1.82, 2.24) is 0 Å². The largest absolute Gasteiger partial charge is 0.490 e. The van der Waals surface area contributed by atoms with Crippen molar-refractivity contribution in [3.63, 3.8) is 0 Å². The van der Waals surface area contributed by atoms with E-state index in [0.717, 1.165) is 48.7 Å². The van der Waals surface area contributed by atoms with Crippen LogP contribution in [0.3, 0.4) is 0 Å². The molecule has 12 rings (SSSR count). The number of benzene rings is 2. The van der Waals surface area contributed by atoms with Crippen LogP contribution in [0.5, 0.6) is 11.5 Å². The van der Waals surface area contributed by atoms with E-state index in [1.54, 1.807) is 11.1 Å². The predicted molar refractivity (Wildman–Crippen MR) is 154 cm³/mol. The first-order valence-electron chi connectivity index (χ1n) is 16.7. The molecule has 212 valence electrons. The highest BCUT2D eigenvalue weighted by molar-refractivity contribution is 5.97. The maximum Gasteiger partial charge on any atom is 0.131 e. The average Bonchev–Trinajstić information content (AvgIpc) is 3.85. The van der Waals surface area contributed by atoms with Crippen LogP contribution in [0.25, 0.3) is 10.8 Å². The maximum absolute atomic E-state index is 7.06. The lowest BCUT2D eigenvalue weighted by Gasteiger charge is -2.61. The zero-order valence-corrected chi connectivity index (χ0v) is 23.9. The zero-order chi connectivity index (χ0) is 26.1. The third kappa shape index (κ3) is 3.63. The summed E-state index contributed by atoms with van der Waals surface area (Å²) in [6, 6.07) is 9.08. The lowest BCUT2D eigenvalue weighted by Crippen LogP contribution is -2.52. The van der Waals surface area contributed by atoms with E-state index in [1.165, 1.54) is 99.3 Å². The Labute approximate surface area is 238 Å². The number of rotatable bonds is 8. The van der Waals surface area contributed by atoms with Crippen LogP contribution in [0.4, 0.5) is 0 Å². The van der Waals surface area contributed by atoms with Crippen molar-refractivity contribution >= 4 is 10.8 Å². The van der Waals surface area contributed by atoms with Gasteiger partial charge in [-0.2, -0.15) is 0 Å². The van der Waals surface area contributed by atoms with Crippen molar-refractivity contribution in [3.8, 4) is 11.5 Å². The summed E-state index contributed by atoms with van der Waals surface area (Å²) in [5.74, 6) is 7.80. The highest BCUT2D eigenvalue weighted by Crippen LogP contribution is 2.69. The van der Waals surface area contributed by atoms with Crippen molar-refractivity contribution in [2.24, 2.45) is 35.5 Å². The second-order valence-corrected chi connectivity index (χ2v) is 15.9. The molecule has 0 aromatic heterocycles. The number of hydrogen-bond acceptors (Lipinski definition) is 4. The van der Waals surface area contributed by atoms with Crippen LogP contribution in [-0.4, -0.2) is 38.6 Å². The molecule has 8 saturated carbocycles. The topological polar surface area (TPSA) is 43.5 Å². The molecule has 0 N–H and O–H groups in total. The minimum absolute atomic E-state index is 0.241. The van der Waals surface area contributed by atoms with Crippen molar-refractivity contribution in [1.29, 1.82) is 0 Å². The molecule has 8 aliphatic carbocycles. The molecule has 4 heteroatoms. The molecule has 2 aromatic rings. The zero-order valence-electron chi connectivity index (χ0n) is 23.9. The molecular weight excluding hydrogens is 496 g/mol. The molecular formula is C36H44O4. The van der Waals surface area contributed by atoms with Gasteiger partial charge in [-0.3, -0.25) is 0 Å². The number of fused-ring (bicyclic) bond motifs is 1. The van der Waals surface area contributed by atoms with Gasteiger partial charge in [0.25, 0.3) is 0 Å². The molecule has 2 saturated heterocycles. The van der Waals surface area contributed by atoms with E-state index >= 15 is 0 Å². The first-order valence-corrected chi connectivity index (χ1v) is 16.7. The number of hydrogen-bond donors (Lipinski definition) is 0. The van der Waals surface area contributed by atoms with Gasteiger partial charge in [0.2, 0.25) is 0 Å². The molecule has 2 aromatic carbocycles. The van der Waals surface area contributed by atoms with Gasteiger partial charge in [-0.25, -0.2) is 0 Å². The highest BCUT2D eigenvalue weighted by atomic mass is 16.6. The maximum atomic E-state index is 7.06. The fraction of sp³-hybridized carbons (Fsp3) is 0.722. The average molecular weight is 541 g/mol. The van der Waals surface area contributed by atoms with Gasteiger partial charge in [0.1, 0.15) is 36.9 Å². The van der Waals surface area contributed by atoms with E-state index in [9.17, 15) is 0 Å². The Morgan fingerprint density at radius 1 is 0.550 bits per heavy atom. The van der Waals surface area contributed by atoms with Gasteiger partial charge in [0.05, 0.1) is 13.2 Å². The molecule has 2 heterocycles. The first kappa shape index (κ1) is 23.7. The monoisotopic (exact) mass is 540 g/mol. The van der Waals surface area contributed by atoms with E-state index < -0.39 is 0 Å². The molecule has 4 nitrogen and oxygen atoms in total. The van der Waals surface area contributed by atoms with Crippen molar-refractivity contribution < 1.29 is 18.9 Å². The van der Waals surface area contributed by atoms with Crippen LogP contribution in [0, 0.1) is 35.5 Å². The van der Waals surface area contributed by atoms with Crippen LogP contribution in [-0.2, 0) is 20.3 Å². The number of ether oxygens (including phenoxy) is 4. The summed E-state index contributed by atoms with van der Waals surface area (Å²) in [6.45, 7) is 3.05. The molecule has 0 radical (unpaired) electrons. The quantitative estimate of drug-likeness (QED) is 0.329. The molecule has 2 atom stereocenters. The van der Waals surface area contributed by atoms with Crippen LogP contribution in [0.2, 0.25) is 0 Å². The van der Waals surface area contributed by atoms with Gasteiger partial charge in [-0.15, -0.1) is 0 Å². The van der Waals surface area contributed by atoms with Gasteiger partial charge in [0, 0.05) is 32.7 Å². The third-order valence-electron chi connectivity index (χ3n) is 12.9. The van der Waals surface area contributed by atoms with Crippen molar-refractivity contribution in [3.05, 3.63) is 35.4 Å². The molecule has 0 spiro atoms. The smallest absolute Gasteiger partial charge is 0.131 e. The van der Waals surface area contributed by atoms with E-state index in [0.29, 0.717) is 13.2 Å². The Bertz CT molecular complexity index is 1180.